The molecule has 0 saturated heterocycles. The van der Waals surface area contributed by atoms with Gasteiger partial charge in [0.05, 0.1) is 11.1 Å². The van der Waals surface area contributed by atoms with Crippen LogP contribution in [0.5, 0.6) is 0 Å². The van der Waals surface area contributed by atoms with Crippen molar-refractivity contribution in [3.63, 3.8) is 0 Å². The molecule has 2 aliphatic rings. The number of rotatable bonds is 6. The van der Waals surface area contributed by atoms with Crippen molar-refractivity contribution in [1.29, 1.82) is 0 Å². The molecule has 23 heavy (non-hydrogen) atoms. The van der Waals surface area contributed by atoms with Crippen LogP contribution >= 0.6 is 23.4 Å². The second-order valence-corrected chi connectivity index (χ2v) is 7.58. The summed E-state index contributed by atoms with van der Waals surface area (Å²) in [5.74, 6) is 1.62. The van der Waals surface area contributed by atoms with Crippen molar-refractivity contribution in [3.05, 3.63) is 58.3 Å². The van der Waals surface area contributed by atoms with Crippen molar-refractivity contribution in [1.82, 2.24) is 15.8 Å². The number of hydrogen-bond donors (Lipinski definition) is 2. The molecule has 3 atom stereocenters. The van der Waals surface area contributed by atoms with E-state index in [0.29, 0.717) is 5.02 Å². The molecule has 1 fully saturated rings. The molecule has 0 aromatic carbocycles. The standard InChI is InChI=1S/C18H22ClN3S/c1-3-13(15-9-12(15)2)5-4-6-16-17(11-21-22-16)23-18-8-7-14(19)10-20-18/h3-5,7-8,10-12,15-16,21-22H,6,9H2,1-2H3/b5-4-,13-3+. The molecule has 122 valence electrons. The van der Waals surface area contributed by atoms with E-state index in [-0.39, 0.29) is 6.04 Å². The zero-order chi connectivity index (χ0) is 16.2. The van der Waals surface area contributed by atoms with Crippen LogP contribution in [0.1, 0.15) is 26.7 Å². The van der Waals surface area contributed by atoms with Crippen LogP contribution in [-0.4, -0.2) is 11.0 Å². The number of nitrogens with one attached hydrogen (secondary N) is 2. The number of hydrazine groups is 1. The molecule has 1 aliphatic heterocycles. The Morgan fingerprint density at radius 1 is 1.48 bits per heavy atom. The first-order valence-electron chi connectivity index (χ1n) is 8.00. The van der Waals surface area contributed by atoms with Crippen molar-refractivity contribution in [2.24, 2.45) is 11.8 Å². The molecule has 0 radical (unpaired) electrons. The zero-order valence-corrected chi connectivity index (χ0v) is 15.0. The van der Waals surface area contributed by atoms with E-state index in [0.717, 1.165) is 23.3 Å². The summed E-state index contributed by atoms with van der Waals surface area (Å²) >= 11 is 7.55. The highest BCUT2D eigenvalue weighted by molar-refractivity contribution is 8.03. The van der Waals surface area contributed by atoms with Gasteiger partial charge < -0.3 is 5.43 Å². The Kier molecular flexibility index (Phi) is 5.46. The van der Waals surface area contributed by atoms with Crippen molar-refractivity contribution < 1.29 is 0 Å². The second kappa shape index (κ2) is 7.56. The van der Waals surface area contributed by atoms with Gasteiger partial charge in [0.2, 0.25) is 0 Å². The van der Waals surface area contributed by atoms with Crippen LogP contribution in [0.4, 0.5) is 0 Å². The number of nitrogens with zero attached hydrogens (tertiary/aromatic N) is 1. The third kappa shape index (κ3) is 4.40. The number of aromatic nitrogens is 1. The average Bonchev–Trinajstić information content (AvgIpc) is 3.11. The van der Waals surface area contributed by atoms with Gasteiger partial charge in [0, 0.05) is 17.3 Å². The van der Waals surface area contributed by atoms with Gasteiger partial charge in [-0.25, -0.2) is 10.4 Å². The van der Waals surface area contributed by atoms with Gasteiger partial charge in [-0.3, -0.25) is 0 Å². The number of pyridine rings is 1. The third-order valence-electron chi connectivity index (χ3n) is 4.29. The Bertz CT molecular complexity index is 636. The minimum atomic E-state index is 0.281. The van der Waals surface area contributed by atoms with E-state index in [1.54, 1.807) is 18.0 Å². The van der Waals surface area contributed by atoms with Crippen LogP contribution in [-0.2, 0) is 0 Å². The topological polar surface area (TPSA) is 37.0 Å². The van der Waals surface area contributed by atoms with Gasteiger partial charge in [0.25, 0.3) is 0 Å². The van der Waals surface area contributed by atoms with Crippen molar-refractivity contribution in [2.75, 3.05) is 0 Å². The molecule has 1 aromatic rings. The maximum Gasteiger partial charge on any atom is 0.101 e. The van der Waals surface area contributed by atoms with Crippen molar-refractivity contribution in [2.45, 2.75) is 37.8 Å². The molecule has 2 N–H and O–H groups in total. The van der Waals surface area contributed by atoms with Gasteiger partial charge >= 0.3 is 0 Å². The van der Waals surface area contributed by atoms with E-state index < -0.39 is 0 Å². The smallest absolute Gasteiger partial charge is 0.101 e. The minimum Gasteiger partial charge on any atom is -0.327 e. The minimum absolute atomic E-state index is 0.281. The van der Waals surface area contributed by atoms with Crippen LogP contribution in [0, 0.1) is 11.8 Å². The maximum absolute atomic E-state index is 5.88. The monoisotopic (exact) mass is 347 g/mol. The first-order chi connectivity index (χ1) is 11.2. The molecule has 0 spiro atoms. The van der Waals surface area contributed by atoms with Crippen LogP contribution in [0.15, 0.2) is 58.3 Å². The Morgan fingerprint density at radius 2 is 2.30 bits per heavy atom. The summed E-state index contributed by atoms with van der Waals surface area (Å²) in [5.41, 5.74) is 7.88. The Labute approximate surface area is 147 Å². The highest BCUT2D eigenvalue weighted by atomic mass is 35.5. The predicted octanol–water partition coefficient (Wildman–Crippen LogP) is 4.69. The molecule has 0 amide bonds. The molecule has 1 aromatic heterocycles. The molecule has 1 aliphatic carbocycles. The zero-order valence-electron chi connectivity index (χ0n) is 13.4. The van der Waals surface area contributed by atoms with Crippen molar-refractivity contribution in [3.8, 4) is 0 Å². The van der Waals surface area contributed by atoms with Crippen LogP contribution < -0.4 is 10.9 Å². The largest absolute Gasteiger partial charge is 0.327 e. The number of allylic oxidation sites excluding steroid dienone is 3. The van der Waals surface area contributed by atoms with E-state index in [9.17, 15) is 0 Å². The van der Waals surface area contributed by atoms with Crippen LogP contribution in [0.3, 0.4) is 0 Å². The average molecular weight is 348 g/mol. The van der Waals surface area contributed by atoms with Gasteiger partial charge in [-0.1, -0.05) is 48.5 Å². The lowest BCUT2D eigenvalue weighted by atomic mass is 10.1. The Hall–Kier alpha value is -1.23. The lowest BCUT2D eigenvalue weighted by Gasteiger charge is -2.12. The fourth-order valence-corrected chi connectivity index (χ4v) is 3.77. The molecule has 1 saturated carbocycles. The SMILES string of the molecule is C/C=C(\C=C/CC1NNC=C1Sc1ccc(Cl)cn1)C1CC1C. The molecule has 5 heteroatoms. The Morgan fingerprint density at radius 3 is 2.96 bits per heavy atom. The van der Waals surface area contributed by atoms with E-state index in [1.807, 2.05) is 18.3 Å². The van der Waals surface area contributed by atoms with Gasteiger partial charge in [-0.05, 0) is 49.3 Å². The lowest BCUT2D eigenvalue weighted by Crippen LogP contribution is -2.30. The first kappa shape index (κ1) is 16.6. The number of hydrogen-bond acceptors (Lipinski definition) is 4. The summed E-state index contributed by atoms with van der Waals surface area (Å²) in [7, 11) is 0. The Balaban J connectivity index is 1.55. The summed E-state index contributed by atoms with van der Waals surface area (Å²) < 4.78 is 0. The quantitative estimate of drug-likeness (QED) is 0.732. The summed E-state index contributed by atoms with van der Waals surface area (Å²) in [4.78, 5) is 5.59. The maximum atomic E-state index is 5.88. The molecule has 3 nitrogen and oxygen atoms in total. The lowest BCUT2D eigenvalue weighted by molar-refractivity contribution is 0.586. The molecule has 3 rings (SSSR count). The number of thioether (sulfide) groups is 1. The van der Waals surface area contributed by atoms with E-state index in [2.05, 4.69) is 47.9 Å². The highest BCUT2D eigenvalue weighted by Gasteiger charge is 2.34. The third-order valence-corrected chi connectivity index (χ3v) is 5.60. The number of halogens is 1. The summed E-state index contributed by atoms with van der Waals surface area (Å²) in [5, 5.41) is 1.62. The van der Waals surface area contributed by atoms with Gasteiger partial charge in [0.15, 0.2) is 0 Å². The van der Waals surface area contributed by atoms with Crippen LogP contribution in [0.2, 0.25) is 5.02 Å². The summed E-state index contributed by atoms with van der Waals surface area (Å²) in [6, 6.07) is 4.10. The normalized spacial score (nSPS) is 27.2. The van der Waals surface area contributed by atoms with E-state index >= 15 is 0 Å². The molecular formula is C18H22ClN3S. The molecular weight excluding hydrogens is 326 g/mol. The molecule has 3 unspecified atom stereocenters. The van der Waals surface area contributed by atoms with Gasteiger partial charge in [-0.15, -0.1) is 0 Å². The molecule has 0 bridgehead atoms. The fourth-order valence-electron chi connectivity index (χ4n) is 2.76. The highest BCUT2D eigenvalue weighted by Crippen LogP contribution is 2.44. The predicted molar refractivity (Wildman–Crippen MR) is 98.0 cm³/mol. The van der Waals surface area contributed by atoms with Crippen LogP contribution in [0.25, 0.3) is 0 Å². The van der Waals surface area contributed by atoms with Crippen molar-refractivity contribution >= 4 is 23.4 Å². The summed E-state index contributed by atoms with van der Waals surface area (Å²) in [6.07, 6.45) is 12.8. The fraction of sp³-hybridized carbons (Fsp3) is 0.389. The van der Waals surface area contributed by atoms with Gasteiger partial charge in [-0.2, -0.15) is 0 Å². The van der Waals surface area contributed by atoms with Gasteiger partial charge in [0.1, 0.15) is 5.03 Å². The summed E-state index contributed by atoms with van der Waals surface area (Å²) in [6.45, 7) is 4.45. The first-order valence-corrected chi connectivity index (χ1v) is 9.20. The second-order valence-electron chi connectivity index (χ2n) is 6.05. The van der Waals surface area contributed by atoms with E-state index in [4.69, 9.17) is 11.6 Å². The molecule has 2 heterocycles. The van der Waals surface area contributed by atoms with E-state index in [1.165, 1.54) is 16.9 Å².